The van der Waals surface area contributed by atoms with Gasteiger partial charge < -0.3 is 4.74 Å². The van der Waals surface area contributed by atoms with E-state index in [9.17, 15) is 4.79 Å². The number of hydrogen-bond acceptors (Lipinski definition) is 2. The molecule has 0 aliphatic rings. The summed E-state index contributed by atoms with van der Waals surface area (Å²) in [6.07, 6.45) is 3.32. The summed E-state index contributed by atoms with van der Waals surface area (Å²) in [5.41, 5.74) is 3.82. The lowest BCUT2D eigenvalue weighted by molar-refractivity contribution is -0.119. The Balaban J connectivity index is 2.72. The lowest BCUT2D eigenvalue weighted by atomic mass is 9.91. The van der Waals surface area contributed by atoms with Gasteiger partial charge in [0.1, 0.15) is 11.5 Å². The highest BCUT2D eigenvalue weighted by Crippen LogP contribution is 2.26. The fourth-order valence-corrected chi connectivity index (χ4v) is 2.51. The standard InChI is InChI=1S/C17H26O2/c1-6-7-16(18)11-12(2)10-15-8-9-17(19-5)14(4)13(15)3/h8-9,12H,6-7,10-11H2,1-5H3. The summed E-state index contributed by atoms with van der Waals surface area (Å²) in [5, 5.41) is 0. The number of ether oxygens (including phenoxy) is 1. The van der Waals surface area contributed by atoms with Gasteiger partial charge in [-0.1, -0.05) is 19.9 Å². The highest BCUT2D eigenvalue weighted by Gasteiger charge is 2.12. The molecule has 1 unspecified atom stereocenters. The largest absolute Gasteiger partial charge is 0.496 e. The van der Waals surface area contributed by atoms with Gasteiger partial charge >= 0.3 is 0 Å². The van der Waals surface area contributed by atoms with E-state index < -0.39 is 0 Å². The average molecular weight is 262 g/mol. The van der Waals surface area contributed by atoms with Crippen LogP contribution in [0.5, 0.6) is 5.75 Å². The second-order valence-corrected chi connectivity index (χ2v) is 5.48. The number of carbonyl (C=O) groups is 1. The number of ketones is 1. The maximum Gasteiger partial charge on any atom is 0.133 e. The summed E-state index contributed by atoms with van der Waals surface area (Å²) in [5.74, 6) is 1.74. The molecule has 19 heavy (non-hydrogen) atoms. The van der Waals surface area contributed by atoms with Crippen LogP contribution >= 0.6 is 0 Å². The van der Waals surface area contributed by atoms with Crippen molar-refractivity contribution in [3.05, 3.63) is 28.8 Å². The SMILES string of the molecule is CCCC(=O)CC(C)Cc1ccc(OC)c(C)c1C. The first kappa shape index (κ1) is 15.7. The number of hydrogen-bond donors (Lipinski definition) is 0. The third-order valence-corrected chi connectivity index (χ3v) is 3.74. The van der Waals surface area contributed by atoms with Gasteiger partial charge in [-0.2, -0.15) is 0 Å². The monoisotopic (exact) mass is 262 g/mol. The van der Waals surface area contributed by atoms with Gasteiger partial charge in [0.05, 0.1) is 7.11 Å². The molecule has 0 saturated heterocycles. The molecule has 0 aliphatic heterocycles. The van der Waals surface area contributed by atoms with E-state index in [4.69, 9.17) is 4.74 Å². The van der Waals surface area contributed by atoms with Crippen LogP contribution in [0.2, 0.25) is 0 Å². The van der Waals surface area contributed by atoms with E-state index in [1.807, 2.05) is 6.07 Å². The smallest absolute Gasteiger partial charge is 0.133 e. The zero-order valence-electron chi connectivity index (χ0n) is 12.9. The Bertz CT molecular complexity index is 435. The molecule has 1 aromatic rings. The minimum absolute atomic E-state index is 0.387. The molecule has 0 spiro atoms. The Hall–Kier alpha value is -1.31. The zero-order chi connectivity index (χ0) is 14.4. The van der Waals surface area contributed by atoms with Crippen LogP contribution in [0, 0.1) is 19.8 Å². The molecule has 1 atom stereocenters. The Kier molecular flexibility index (Phi) is 6.07. The number of methoxy groups -OCH3 is 1. The van der Waals surface area contributed by atoms with Gasteiger partial charge in [0, 0.05) is 12.8 Å². The first-order valence-electron chi connectivity index (χ1n) is 7.14. The Morgan fingerprint density at radius 3 is 2.53 bits per heavy atom. The summed E-state index contributed by atoms with van der Waals surface area (Å²) in [7, 11) is 1.70. The Labute approximate surface area is 117 Å². The molecule has 0 aromatic heterocycles. The minimum atomic E-state index is 0.387. The molecule has 1 aromatic carbocycles. The molecule has 106 valence electrons. The van der Waals surface area contributed by atoms with Crippen LogP contribution < -0.4 is 4.74 Å². The highest BCUT2D eigenvalue weighted by atomic mass is 16.5. The fourth-order valence-electron chi connectivity index (χ4n) is 2.51. The summed E-state index contributed by atoms with van der Waals surface area (Å²) in [6.45, 7) is 8.43. The second-order valence-electron chi connectivity index (χ2n) is 5.48. The first-order chi connectivity index (χ1) is 8.99. The quantitative estimate of drug-likeness (QED) is 0.734. The van der Waals surface area contributed by atoms with Crippen LogP contribution in [0.4, 0.5) is 0 Å². The third-order valence-electron chi connectivity index (χ3n) is 3.74. The van der Waals surface area contributed by atoms with E-state index in [1.165, 1.54) is 16.7 Å². The van der Waals surface area contributed by atoms with Gasteiger partial charge in [-0.05, 0) is 55.4 Å². The number of carbonyl (C=O) groups excluding carboxylic acids is 1. The van der Waals surface area contributed by atoms with E-state index in [0.29, 0.717) is 24.5 Å². The van der Waals surface area contributed by atoms with Gasteiger partial charge in [-0.15, -0.1) is 0 Å². The molecular formula is C17H26O2. The van der Waals surface area contributed by atoms with Crippen molar-refractivity contribution in [2.24, 2.45) is 5.92 Å². The molecule has 0 N–H and O–H groups in total. The average Bonchev–Trinajstić information content (AvgIpc) is 2.35. The van der Waals surface area contributed by atoms with Crippen molar-refractivity contribution in [2.45, 2.75) is 53.4 Å². The van der Waals surface area contributed by atoms with Crippen molar-refractivity contribution < 1.29 is 9.53 Å². The van der Waals surface area contributed by atoms with Crippen LogP contribution in [0.25, 0.3) is 0 Å². The van der Waals surface area contributed by atoms with Crippen molar-refractivity contribution in [1.82, 2.24) is 0 Å². The maximum atomic E-state index is 11.7. The van der Waals surface area contributed by atoms with Crippen molar-refractivity contribution in [3.8, 4) is 5.75 Å². The molecule has 0 heterocycles. The lowest BCUT2D eigenvalue weighted by Crippen LogP contribution is -2.09. The fraction of sp³-hybridized carbons (Fsp3) is 0.588. The van der Waals surface area contributed by atoms with Crippen molar-refractivity contribution in [3.63, 3.8) is 0 Å². The summed E-state index contributed by atoms with van der Waals surface area (Å²) in [6, 6.07) is 4.15. The number of benzene rings is 1. The predicted molar refractivity (Wildman–Crippen MR) is 79.9 cm³/mol. The lowest BCUT2D eigenvalue weighted by Gasteiger charge is -2.16. The molecule has 0 bridgehead atoms. The molecule has 0 saturated carbocycles. The second kappa shape index (κ2) is 7.32. The van der Waals surface area contributed by atoms with E-state index >= 15 is 0 Å². The Morgan fingerprint density at radius 1 is 1.26 bits per heavy atom. The molecular weight excluding hydrogens is 236 g/mol. The van der Waals surface area contributed by atoms with E-state index in [1.54, 1.807) is 7.11 Å². The van der Waals surface area contributed by atoms with Crippen molar-refractivity contribution in [2.75, 3.05) is 7.11 Å². The predicted octanol–water partition coefficient (Wildman–Crippen LogP) is 4.25. The van der Waals surface area contributed by atoms with Crippen molar-refractivity contribution >= 4 is 5.78 Å². The van der Waals surface area contributed by atoms with Gasteiger partial charge in [-0.3, -0.25) is 4.79 Å². The topological polar surface area (TPSA) is 26.3 Å². The third kappa shape index (κ3) is 4.38. The van der Waals surface area contributed by atoms with Crippen LogP contribution in [-0.4, -0.2) is 12.9 Å². The van der Waals surface area contributed by atoms with E-state index in [0.717, 1.165) is 18.6 Å². The highest BCUT2D eigenvalue weighted by molar-refractivity contribution is 5.78. The molecule has 0 aliphatic carbocycles. The molecule has 2 nitrogen and oxygen atoms in total. The molecule has 0 radical (unpaired) electrons. The summed E-state index contributed by atoms with van der Waals surface area (Å²) in [4.78, 5) is 11.7. The maximum absolute atomic E-state index is 11.7. The molecule has 2 heteroatoms. The number of rotatable bonds is 7. The van der Waals surface area contributed by atoms with Gasteiger partial charge in [-0.25, -0.2) is 0 Å². The van der Waals surface area contributed by atoms with Crippen LogP contribution in [-0.2, 0) is 11.2 Å². The minimum Gasteiger partial charge on any atom is -0.496 e. The van der Waals surface area contributed by atoms with Crippen LogP contribution in [0.1, 0.15) is 49.8 Å². The Morgan fingerprint density at radius 2 is 1.95 bits per heavy atom. The van der Waals surface area contributed by atoms with Gasteiger partial charge in [0.15, 0.2) is 0 Å². The molecule has 1 rings (SSSR count). The van der Waals surface area contributed by atoms with E-state index in [2.05, 4.69) is 33.8 Å². The number of Topliss-reactive ketones (excluding diaryl/α,β-unsaturated/α-hetero) is 1. The van der Waals surface area contributed by atoms with Crippen LogP contribution in [0.15, 0.2) is 12.1 Å². The van der Waals surface area contributed by atoms with Gasteiger partial charge in [0.2, 0.25) is 0 Å². The van der Waals surface area contributed by atoms with Crippen molar-refractivity contribution in [1.29, 1.82) is 0 Å². The van der Waals surface area contributed by atoms with Crippen LogP contribution in [0.3, 0.4) is 0 Å². The van der Waals surface area contributed by atoms with E-state index in [-0.39, 0.29) is 0 Å². The zero-order valence-corrected chi connectivity index (χ0v) is 12.9. The van der Waals surface area contributed by atoms with Gasteiger partial charge in [0.25, 0.3) is 0 Å². The summed E-state index contributed by atoms with van der Waals surface area (Å²) < 4.78 is 5.33. The normalized spacial score (nSPS) is 12.3. The summed E-state index contributed by atoms with van der Waals surface area (Å²) >= 11 is 0. The molecule has 0 amide bonds. The first-order valence-corrected chi connectivity index (χ1v) is 7.14. The molecule has 0 fully saturated rings.